The number of nitro groups is 1. The number of rotatable bonds is 6. The van der Waals surface area contributed by atoms with Gasteiger partial charge in [-0.25, -0.2) is 4.68 Å². The van der Waals surface area contributed by atoms with Gasteiger partial charge in [-0.3, -0.25) is 14.9 Å². The number of aliphatic hydroxyl groups is 1. The summed E-state index contributed by atoms with van der Waals surface area (Å²) in [6, 6.07) is 7.89. The van der Waals surface area contributed by atoms with Crippen LogP contribution in [-0.2, 0) is 0 Å². The predicted octanol–water partition coefficient (Wildman–Crippen LogP) is 2.16. The summed E-state index contributed by atoms with van der Waals surface area (Å²) < 4.78 is 1.47. The first-order valence-corrected chi connectivity index (χ1v) is 8.32. The van der Waals surface area contributed by atoms with Crippen LogP contribution in [0.25, 0.3) is 5.69 Å². The van der Waals surface area contributed by atoms with Crippen LogP contribution >= 0.6 is 0 Å². The summed E-state index contributed by atoms with van der Waals surface area (Å²) in [5, 5.41) is 24.2. The minimum atomic E-state index is -0.463. The van der Waals surface area contributed by atoms with Crippen molar-refractivity contribution in [2.75, 3.05) is 13.2 Å². The molecule has 1 aliphatic heterocycles. The van der Waals surface area contributed by atoms with Crippen LogP contribution in [0.15, 0.2) is 36.5 Å². The second kappa shape index (κ2) is 7.43. The van der Waals surface area contributed by atoms with E-state index in [4.69, 9.17) is 5.11 Å². The molecule has 1 N–H and O–H groups in total. The van der Waals surface area contributed by atoms with Crippen molar-refractivity contribution in [3.8, 4) is 5.69 Å². The molecule has 1 aromatic carbocycles. The van der Waals surface area contributed by atoms with Crippen LogP contribution in [0.5, 0.6) is 0 Å². The molecule has 1 aromatic heterocycles. The Morgan fingerprint density at radius 2 is 2.24 bits per heavy atom. The molecule has 8 heteroatoms. The molecule has 2 aromatic rings. The number of benzene rings is 1. The van der Waals surface area contributed by atoms with Crippen molar-refractivity contribution < 1.29 is 14.8 Å². The van der Waals surface area contributed by atoms with Crippen molar-refractivity contribution in [1.29, 1.82) is 0 Å². The third-order valence-corrected chi connectivity index (χ3v) is 4.45. The molecule has 2 heterocycles. The monoisotopic (exact) mass is 344 g/mol. The van der Waals surface area contributed by atoms with Crippen LogP contribution in [0.3, 0.4) is 0 Å². The Labute approximate surface area is 144 Å². The molecule has 0 bridgehead atoms. The van der Waals surface area contributed by atoms with E-state index in [1.807, 2.05) is 4.90 Å². The van der Waals surface area contributed by atoms with Crippen LogP contribution in [0, 0.1) is 10.1 Å². The van der Waals surface area contributed by atoms with Gasteiger partial charge in [-0.05, 0) is 37.8 Å². The minimum Gasteiger partial charge on any atom is -0.396 e. The molecule has 3 rings (SSSR count). The Kier molecular flexibility index (Phi) is 5.08. The number of aliphatic hydroxyl groups excluding tert-OH is 1. The number of carbonyl (C=O) groups excluding carboxylic acids is 1. The molecule has 1 aliphatic rings. The largest absolute Gasteiger partial charge is 0.396 e. The Morgan fingerprint density at radius 1 is 1.40 bits per heavy atom. The highest BCUT2D eigenvalue weighted by molar-refractivity contribution is 5.92. The molecule has 1 amide bonds. The van der Waals surface area contributed by atoms with E-state index in [2.05, 4.69) is 5.10 Å². The van der Waals surface area contributed by atoms with Gasteiger partial charge >= 0.3 is 0 Å². The SMILES string of the molecule is O=C(c1ccn(-c2cccc([N+](=O)[O-])c2)n1)N1CCCC1CCCO. The highest BCUT2D eigenvalue weighted by Gasteiger charge is 2.30. The average molecular weight is 344 g/mol. The molecular weight excluding hydrogens is 324 g/mol. The molecule has 1 unspecified atom stereocenters. The smallest absolute Gasteiger partial charge is 0.274 e. The van der Waals surface area contributed by atoms with Gasteiger partial charge in [0.1, 0.15) is 0 Å². The second-order valence-electron chi connectivity index (χ2n) is 6.08. The van der Waals surface area contributed by atoms with Crippen molar-refractivity contribution in [3.63, 3.8) is 0 Å². The number of carbonyl (C=O) groups is 1. The van der Waals surface area contributed by atoms with Crippen molar-refractivity contribution in [2.45, 2.75) is 31.7 Å². The maximum Gasteiger partial charge on any atom is 0.274 e. The molecule has 1 saturated heterocycles. The Balaban J connectivity index is 1.78. The van der Waals surface area contributed by atoms with Crippen LogP contribution < -0.4 is 0 Å². The fourth-order valence-corrected chi connectivity index (χ4v) is 3.21. The van der Waals surface area contributed by atoms with Gasteiger partial charge in [-0.1, -0.05) is 6.07 Å². The molecule has 132 valence electrons. The lowest BCUT2D eigenvalue weighted by molar-refractivity contribution is -0.384. The summed E-state index contributed by atoms with van der Waals surface area (Å²) in [7, 11) is 0. The summed E-state index contributed by atoms with van der Waals surface area (Å²) in [4.78, 5) is 25.0. The summed E-state index contributed by atoms with van der Waals surface area (Å²) in [6.07, 6.45) is 4.99. The molecule has 8 nitrogen and oxygen atoms in total. The fraction of sp³-hybridized carbons (Fsp3) is 0.412. The van der Waals surface area contributed by atoms with Gasteiger partial charge in [0.2, 0.25) is 0 Å². The van der Waals surface area contributed by atoms with Crippen LogP contribution in [-0.4, -0.2) is 49.8 Å². The Hall–Kier alpha value is -2.74. The Morgan fingerprint density at radius 3 is 3.00 bits per heavy atom. The van der Waals surface area contributed by atoms with Crippen LogP contribution in [0.1, 0.15) is 36.2 Å². The van der Waals surface area contributed by atoms with E-state index < -0.39 is 4.92 Å². The zero-order valence-electron chi connectivity index (χ0n) is 13.7. The lowest BCUT2D eigenvalue weighted by Gasteiger charge is -2.23. The molecule has 0 spiro atoms. The van der Waals surface area contributed by atoms with Gasteiger partial charge in [0.05, 0.1) is 10.6 Å². The number of nitro benzene ring substituents is 1. The van der Waals surface area contributed by atoms with Crippen molar-refractivity contribution >= 4 is 11.6 Å². The van der Waals surface area contributed by atoms with Crippen molar-refractivity contribution in [1.82, 2.24) is 14.7 Å². The van der Waals surface area contributed by atoms with Crippen LogP contribution in [0.2, 0.25) is 0 Å². The lowest BCUT2D eigenvalue weighted by atomic mass is 10.1. The van der Waals surface area contributed by atoms with E-state index in [0.717, 1.165) is 19.3 Å². The zero-order valence-corrected chi connectivity index (χ0v) is 13.7. The molecule has 0 saturated carbocycles. The topological polar surface area (TPSA) is 102 Å². The first-order chi connectivity index (χ1) is 12.1. The van der Waals surface area contributed by atoms with E-state index in [-0.39, 0.29) is 24.2 Å². The number of aromatic nitrogens is 2. The molecular formula is C17H20N4O4. The lowest BCUT2D eigenvalue weighted by Crippen LogP contribution is -2.36. The van der Waals surface area contributed by atoms with Crippen molar-refractivity contribution in [3.05, 3.63) is 52.3 Å². The number of likely N-dealkylation sites (tertiary alicyclic amines) is 1. The van der Waals surface area contributed by atoms with Crippen molar-refractivity contribution in [2.24, 2.45) is 0 Å². The summed E-state index contributed by atoms with van der Waals surface area (Å²) in [5.74, 6) is -0.135. The first-order valence-electron chi connectivity index (χ1n) is 8.32. The maximum absolute atomic E-state index is 12.7. The second-order valence-corrected chi connectivity index (χ2v) is 6.08. The molecule has 0 radical (unpaired) electrons. The Bertz CT molecular complexity index is 774. The quantitative estimate of drug-likeness (QED) is 0.639. The standard InChI is InChI=1S/C17H20N4O4/c22-11-3-7-13-6-2-9-19(13)17(23)16-8-10-20(18-16)14-4-1-5-15(12-14)21(24)25/h1,4-5,8,10,12-13,22H,2-3,6-7,9,11H2. The third-order valence-electron chi connectivity index (χ3n) is 4.45. The van der Waals surface area contributed by atoms with E-state index >= 15 is 0 Å². The van der Waals surface area contributed by atoms with E-state index in [1.165, 1.54) is 16.8 Å². The highest BCUT2D eigenvalue weighted by Crippen LogP contribution is 2.23. The zero-order chi connectivity index (χ0) is 17.8. The fourth-order valence-electron chi connectivity index (χ4n) is 3.21. The van der Waals surface area contributed by atoms with E-state index in [1.54, 1.807) is 24.4 Å². The highest BCUT2D eigenvalue weighted by atomic mass is 16.6. The van der Waals surface area contributed by atoms with Gasteiger partial charge in [-0.15, -0.1) is 0 Å². The molecule has 0 aliphatic carbocycles. The predicted molar refractivity (Wildman–Crippen MR) is 90.6 cm³/mol. The van der Waals surface area contributed by atoms with E-state index in [0.29, 0.717) is 24.3 Å². The van der Waals surface area contributed by atoms with E-state index in [9.17, 15) is 14.9 Å². The summed E-state index contributed by atoms with van der Waals surface area (Å²) in [5.41, 5.74) is 0.832. The molecule has 25 heavy (non-hydrogen) atoms. The maximum atomic E-state index is 12.7. The number of nitrogens with zero attached hydrogens (tertiary/aromatic N) is 4. The van der Waals surface area contributed by atoms with Crippen LogP contribution in [0.4, 0.5) is 5.69 Å². The van der Waals surface area contributed by atoms with Gasteiger partial charge in [0, 0.05) is 37.5 Å². The van der Waals surface area contributed by atoms with Gasteiger partial charge in [-0.2, -0.15) is 5.10 Å². The number of hydrogen-bond acceptors (Lipinski definition) is 5. The first kappa shape index (κ1) is 17.1. The van der Waals surface area contributed by atoms with Gasteiger partial charge in [0.15, 0.2) is 5.69 Å². The summed E-state index contributed by atoms with van der Waals surface area (Å²) >= 11 is 0. The van der Waals surface area contributed by atoms with Gasteiger partial charge in [0.25, 0.3) is 11.6 Å². The number of amides is 1. The number of non-ortho nitro benzene ring substituents is 1. The third kappa shape index (κ3) is 3.69. The van der Waals surface area contributed by atoms with Gasteiger partial charge < -0.3 is 10.0 Å². The molecule has 1 fully saturated rings. The average Bonchev–Trinajstić information content (AvgIpc) is 3.29. The number of hydrogen-bond donors (Lipinski definition) is 1. The molecule has 1 atom stereocenters. The normalized spacial score (nSPS) is 17.0. The summed E-state index contributed by atoms with van der Waals surface area (Å²) in [6.45, 7) is 0.818. The minimum absolute atomic E-state index is 0.0236.